The van der Waals surface area contributed by atoms with E-state index in [-0.39, 0.29) is 22.4 Å². The normalized spacial score (nSPS) is 18.7. The van der Waals surface area contributed by atoms with E-state index in [2.05, 4.69) is 0 Å². The molecule has 0 amide bonds. The van der Waals surface area contributed by atoms with Gasteiger partial charge in [0.05, 0.1) is 14.9 Å². The first-order chi connectivity index (χ1) is 8.95. The van der Waals surface area contributed by atoms with Gasteiger partial charge in [-0.2, -0.15) is 4.31 Å². The number of rotatable bonds is 3. The minimum atomic E-state index is -3.52. The second kappa shape index (κ2) is 5.97. The van der Waals surface area contributed by atoms with Crippen LogP contribution in [0, 0.1) is 5.92 Å². The lowest BCUT2D eigenvalue weighted by molar-refractivity contribution is 0.170. The zero-order chi connectivity index (χ0) is 14.0. The molecule has 0 aliphatic carbocycles. The van der Waals surface area contributed by atoms with Gasteiger partial charge >= 0.3 is 0 Å². The van der Waals surface area contributed by atoms with E-state index in [0.29, 0.717) is 31.0 Å². The highest BCUT2D eigenvalue weighted by Crippen LogP contribution is 2.28. The van der Waals surface area contributed by atoms with Crippen LogP contribution < -0.4 is 0 Å². The molecule has 0 saturated carbocycles. The molecule has 1 N–H and O–H groups in total. The Morgan fingerprint density at radius 3 is 2.37 bits per heavy atom. The largest absolute Gasteiger partial charge is 0.396 e. The van der Waals surface area contributed by atoms with Crippen LogP contribution in [0.1, 0.15) is 12.8 Å². The average Bonchev–Trinajstić information content (AvgIpc) is 2.41. The van der Waals surface area contributed by atoms with Gasteiger partial charge in [0.25, 0.3) is 0 Å². The van der Waals surface area contributed by atoms with Crippen molar-refractivity contribution in [2.24, 2.45) is 5.92 Å². The van der Waals surface area contributed by atoms with Gasteiger partial charge in [0.1, 0.15) is 0 Å². The van der Waals surface area contributed by atoms with Crippen LogP contribution in [-0.4, -0.2) is 37.5 Å². The summed E-state index contributed by atoms with van der Waals surface area (Å²) in [6.07, 6.45) is 1.36. The maximum Gasteiger partial charge on any atom is 0.243 e. The van der Waals surface area contributed by atoms with Crippen molar-refractivity contribution >= 4 is 33.2 Å². The standard InChI is InChI=1S/C12H15Cl2NO3S/c13-11-2-1-10(7-12(11)14)19(17,18)15-5-3-9(8-16)4-6-15/h1-2,7,9,16H,3-6,8H2. The maximum atomic E-state index is 12.4. The van der Waals surface area contributed by atoms with Crippen molar-refractivity contribution in [3.63, 3.8) is 0 Å². The Morgan fingerprint density at radius 2 is 1.84 bits per heavy atom. The lowest BCUT2D eigenvalue weighted by Crippen LogP contribution is -2.39. The molecule has 0 bridgehead atoms. The molecule has 19 heavy (non-hydrogen) atoms. The van der Waals surface area contributed by atoms with Gasteiger partial charge < -0.3 is 5.11 Å². The van der Waals surface area contributed by atoms with Crippen LogP contribution in [-0.2, 0) is 10.0 Å². The lowest BCUT2D eigenvalue weighted by Gasteiger charge is -2.30. The summed E-state index contributed by atoms with van der Waals surface area (Å²) in [5, 5.41) is 9.63. The maximum absolute atomic E-state index is 12.4. The number of nitrogens with zero attached hydrogens (tertiary/aromatic N) is 1. The van der Waals surface area contributed by atoms with Crippen molar-refractivity contribution in [2.45, 2.75) is 17.7 Å². The predicted molar refractivity (Wildman–Crippen MR) is 75.0 cm³/mol. The molecule has 1 aromatic carbocycles. The first-order valence-electron chi connectivity index (χ1n) is 6.01. The molecule has 4 nitrogen and oxygen atoms in total. The van der Waals surface area contributed by atoms with Crippen LogP contribution in [0.3, 0.4) is 0 Å². The zero-order valence-electron chi connectivity index (χ0n) is 10.2. The molecule has 1 aliphatic heterocycles. The van der Waals surface area contributed by atoms with E-state index in [1.807, 2.05) is 0 Å². The summed E-state index contributed by atoms with van der Waals surface area (Å²) in [4.78, 5) is 0.157. The number of hydrogen-bond donors (Lipinski definition) is 1. The van der Waals surface area contributed by atoms with E-state index >= 15 is 0 Å². The Kier molecular flexibility index (Phi) is 4.74. The fourth-order valence-corrected chi connectivity index (χ4v) is 3.98. The fraction of sp³-hybridized carbons (Fsp3) is 0.500. The monoisotopic (exact) mass is 323 g/mol. The minimum absolute atomic E-state index is 0.112. The van der Waals surface area contributed by atoms with Crippen molar-refractivity contribution in [3.05, 3.63) is 28.2 Å². The first-order valence-corrected chi connectivity index (χ1v) is 8.21. The van der Waals surface area contributed by atoms with Crippen LogP contribution in [0.4, 0.5) is 0 Å². The molecule has 0 unspecified atom stereocenters. The Labute approximate surface area is 123 Å². The van der Waals surface area contributed by atoms with E-state index in [1.54, 1.807) is 0 Å². The van der Waals surface area contributed by atoms with E-state index in [9.17, 15) is 8.42 Å². The van der Waals surface area contributed by atoms with Crippen LogP contribution in [0.25, 0.3) is 0 Å². The van der Waals surface area contributed by atoms with Gasteiger partial charge in [0, 0.05) is 19.7 Å². The van der Waals surface area contributed by atoms with Gasteiger partial charge in [-0.3, -0.25) is 0 Å². The van der Waals surface area contributed by atoms with Gasteiger partial charge in [-0.1, -0.05) is 23.2 Å². The van der Waals surface area contributed by atoms with Gasteiger partial charge in [-0.15, -0.1) is 0 Å². The van der Waals surface area contributed by atoms with Crippen molar-refractivity contribution in [1.29, 1.82) is 0 Å². The molecule has 1 aromatic rings. The van der Waals surface area contributed by atoms with Crippen molar-refractivity contribution in [1.82, 2.24) is 4.31 Å². The number of aliphatic hydroxyl groups is 1. The third-order valence-electron chi connectivity index (χ3n) is 3.36. The zero-order valence-corrected chi connectivity index (χ0v) is 12.5. The number of piperidine rings is 1. The smallest absolute Gasteiger partial charge is 0.243 e. The van der Waals surface area contributed by atoms with Gasteiger partial charge in [-0.25, -0.2) is 8.42 Å². The fourth-order valence-electron chi connectivity index (χ4n) is 2.12. The second-order valence-electron chi connectivity index (χ2n) is 4.61. The molecule has 1 fully saturated rings. The lowest BCUT2D eigenvalue weighted by atomic mass is 10.00. The Bertz CT molecular complexity index is 554. The molecule has 0 radical (unpaired) electrons. The van der Waals surface area contributed by atoms with E-state index in [4.69, 9.17) is 28.3 Å². The van der Waals surface area contributed by atoms with E-state index in [0.717, 1.165) is 0 Å². The Hall–Kier alpha value is -0.330. The van der Waals surface area contributed by atoms with Crippen LogP contribution in [0.15, 0.2) is 23.1 Å². The molecule has 1 saturated heterocycles. The molecule has 1 aliphatic rings. The van der Waals surface area contributed by atoms with Crippen molar-refractivity contribution < 1.29 is 13.5 Å². The summed E-state index contributed by atoms with van der Waals surface area (Å²) < 4.78 is 26.2. The second-order valence-corrected chi connectivity index (χ2v) is 7.36. The number of aliphatic hydroxyl groups excluding tert-OH is 1. The number of sulfonamides is 1. The summed E-state index contributed by atoms with van der Waals surface area (Å²) >= 11 is 11.6. The molecule has 106 valence electrons. The highest BCUT2D eigenvalue weighted by atomic mass is 35.5. The highest BCUT2D eigenvalue weighted by molar-refractivity contribution is 7.89. The molecule has 0 spiro atoms. The molecule has 0 atom stereocenters. The van der Waals surface area contributed by atoms with Gasteiger partial charge in [0.15, 0.2) is 0 Å². The topological polar surface area (TPSA) is 57.6 Å². The highest BCUT2D eigenvalue weighted by Gasteiger charge is 2.29. The van der Waals surface area contributed by atoms with Crippen molar-refractivity contribution in [3.8, 4) is 0 Å². The summed E-state index contributed by atoms with van der Waals surface area (Å²) in [7, 11) is -3.52. The first kappa shape index (κ1) is 15.1. The molecular formula is C12H15Cl2NO3S. The SMILES string of the molecule is O=S(=O)(c1ccc(Cl)c(Cl)c1)N1CCC(CO)CC1. The molecule has 1 heterocycles. The molecule has 7 heteroatoms. The van der Waals surface area contributed by atoms with Gasteiger partial charge in [0.2, 0.25) is 10.0 Å². The van der Waals surface area contributed by atoms with Crippen LogP contribution >= 0.6 is 23.2 Å². The van der Waals surface area contributed by atoms with E-state index in [1.165, 1.54) is 22.5 Å². The van der Waals surface area contributed by atoms with Crippen molar-refractivity contribution in [2.75, 3.05) is 19.7 Å². The molecule has 2 rings (SSSR count). The number of hydrogen-bond acceptors (Lipinski definition) is 3. The third-order valence-corrected chi connectivity index (χ3v) is 5.99. The third kappa shape index (κ3) is 3.23. The van der Waals surface area contributed by atoms with E-state index < -0.39 is 10.0 Å². The number of halogens is 2. The number of benzene rings is 1. The summed E-state index contributed by atoms with van der Waals surface area (Å²) in [5.74, 6) is 0.195. The van der Waals surface area contributed by atoms with Crippen LogP contribution in [0.2, 0.25) is 10.0 Å². The molecule has 0 aromatic heterocycles. The quantitative estimate of drug-likeness (QED) is 0.929. The Morgan fingerprint density at radius 1 is 1.21 bits per heavy atom. The summed E-state index contributed by atoms with van der Waals surface area (Å²) in [6.45, 7) is 0.961. The van der Waals surface area contributed by atoms with Gasteiger partial charge in [-0.05, 0) is 37.0 Å². The average molecular weight is 324 g/mol. The minimum Gasteiger partial charge on any atom is -0.396 e. The van der Waals surface area contributed by atoms with Crippen LogP contribution in [0.5, 0.6) is 0 Å². The molecular weight excluding hydrogens is 309 g/mol. The predicted octanol–water partition coefficient (Wildman–Crippen LogP) is 2.39. The Balaban J connectivity index is 2.21. The summed E-state index contributed by atoms with van der Waals surface area (Å²) in [6, 6.07) is 4.32. The summed E-state index contributed by atoms with van der Waals surface area (Å²) in [5.41, 5.74) is 0.